The molecule has 3 rings (SSSR count). The third kappa shape index (κ3) is 6.63. The molecular weight excluding hydrogens is 490 g/mol. The smallest absolute Gasteiger partial charge is 0.264 e. The zero-order chi connectivity index (χ0) is 22.9. The number of hydrogen-bond donors (Lipinski definition) is 3. The number of thiocarbonyl (C=S) groups is 1. The van der Waals surface area contributed by atoms with E-state index in [1.165, 1.54) is 0 Å². The molecule has 0 aromatic heterocycles. The highest BCUT2D eigenvalue weighted by Crippen LogP contribution is 2.24. The van der Waals surface area contributed by atoms with Crippen LogP contribution in [-0.4, -0.2) is 23.5 Å². The summed E-state index contributed by atoms with van der Waals surface area (Å²) in [6.45, 7) is 1.71. The van der Waals surface area contributed by atoms with Gasteiger partial charge >= 0.3 is 0 Å². The first-order valence-corrected chi connectivity index (χ1v) is 11.0. The summed E-state index contributed by atoms with van der Waals surface area (Å²) in [5.41, 5.74) is 7.84. The minimum atomic E-state index is -0.535. The van der Waals surface area contributed by atoms with E-state index in [2.05, 4.69) is 32.1 Å². The van der Waals surface area contributed by atoms with Crippen LogP contribution in [0.5, 0.6) is 5.75 Å². The normalized spacial score (nSPS) is 10.3. The van der Waals surface area contributed by atoms with Crippen molar-refractivity contribution in [3.8, 4) is 5.75 Å². The summed E-state index contributed by atoms with van der Waals surface area (Å²) >= 11 is 8.53. The number of carbonyl (C=O) groups excluding carboxylic acids is 2. The second-order valence-electron chi connectivity index (χ2n) is 6.95. The van der Waals surface area contributed by atoms with Gasteiger partial charge in [0.05, 0.1) is 5.92 Å². The van der Waals surface area contributed by atoms with Gasteiger partial charge in [0.2, 0.25) is 5.91 Å². The van der Waals surface area contributed by atoms with Gasteiger partial charge in [-0.3, -0.25) is 25.8 Å². The number of nitrogens with one attached hydrogen (secondary N) is 3. The maximum atomic E-state index is 12.9. The fraction of sp³-hybridized carbons (Fsp3) is 0.125. The lowest BCUT2D eigenvalue weighted by atomic mass is 9.91. The average molecular weight is 512 g/mol. The van der Waals surface area contributed by atoms with E-state index >= 15 is 0 Å². The highest BCUT2D eigenvalue weighted by molar-refractivity contribution is 9.10. The van der Waals surface area contributed by atoms with E-state index < -0.39 is 11.8 Å². The number of aryl methyl sites for hydroxylation is 1. The quantitative estimate of drug-likeness (QED) is 0.344. The van der Waals surface area contributed by atoms with Crippen molar-refractivity contribution < 1.29 is 14.3 Å². The van der Waals surface area contributed by atoms with E-state index in [1.54, 1.807) is 6.07 Å². The summed E-state index contributed by atoms with van der Waals surface area (Å²) in [5.74, 6) is -0.713. The Balaban J connectivity index is 1.53. The van der Waals surface area contributed by atoms with Crippen LogP contribution in [0.2, 0.25) is 0 Å². The Morgan fingerprint density at radius 3 is 2.09 bits per heavy atom. The van der Waals surface area contributed by atoms with Gasteiger partial charge in [0, 0.05) is 4.47 Å². The van der Waals surface area contributed by atoms with Crippen LogP contribution in [0.25, 0.3) is 0 Å². The number of benzene rings is 3. The summed E-state index contributed by atoms with van der Waals surface area (Å²) in [6.07, 6.45) is 0. The molecule has 0 saturated heterocycles. The summed E-state index contributed by atoms with van der Waals surface area (Å²) < 4.78 is 6.43. The second-order valence-corrected chi connectivity index (χ2v) is 8.21. The first kappa shape index (κ1) is 23.4. The van der Waals surface area contributed by atoms with Crippen molar-refractivity contribution in [2.24, 2.45) is 0 Å². The van der Waals surface area contributed by atoms with Crippen LogP contribution < -0.4 is 20.9 Å². The predicted molar refractivity (Wildman–Crippen MR) is 131 cm³/mol. The predicted octanol–water partition coefficient (Wildman–Crippen LogP) is 3.99. The molecule has 0 heterocycles. The molecule has 6 nitrogen and oxygen atoms in total. The lowest BCUT2D eigenvalue weighted by Gasteiger charge is -2.19. The van der Waals surface area contributed by atoms with Crippen LogP contribution in [-0.2, 0) is 9.59 Å². The Kier molecular flexibility index (Phi) is 8.35. The maximum absolute atomic E-state index is 12.9. The molecule has 2 amide bonds. The number of amides is 2. The molecule has 0 fully saturated rings. The number of hydrogen-bond acceptors (Lipinski definition) is 4. The van der Waals surface area contributed by atoms with Crippen molar-refractivity contribution in [3.05, 3.63) is 100 Å². The van der Waals surface area contributed by atoms with E-state index in [-0.39, 0.29) is 17.6 Å². The third-order valence-electron chi connectivity index (χ3n) is 4.58. The van der Waals surface area contributed by atoms with Crippen molar-refractivity contribution in [1.82, 2.24) is 16.2 Å². The van der Waals surface area contributed by atoms with Gasteiger partial charge in [-0.2, -0.15) is 0 Å². The van der Waals surface area contributed by atoms with Crippen molar-refractivity contribution in [1.29, 1.82) is 0 Å². The molecule has 0 bridgehead atoms. The standard InChI is InChI=1S/C24H22BrN3O3S/c1-16-14-19(12-13-20(16)25)31-15-21(29)26-24(32)28-27-23(30)22(17-8-4-2-5-9-17)18-10-6-3-7-11-18/h2-14,22H,15H2,1H3,(H,27,30)(H2,26,28,29,32). The van der Waals surface area contributed by atoms with Crippen molar-refractivity contribution >= 4 is 45.1 Å². The largest absolute Gasteiger partial charge is 0.484 e. The lowest BCUT2D eigenvalue weighted by molar-refractivity contribution is -0.123. The van der Waals surface area contributed by atoms with Crippen molar-refractivity contribution in [2.75, 3.05) is 6.61 Å². The molecule has 0 radical (unpaired) electrons. The molecule has 32 heavy (non-hydrogen) atoms. The molecule has 3 aromatic carbocycles. The highest BCUT2D eigenvalue weighted by atomic mass is 79.9. The first-order valence-electron chi connectivity index (χ1n) is 9.82. The van der Waals surface area contributed by atoms with Gasteiger partial charge in [0.15, 0.2) is 11.7 Å². The molecule has 164 valence electrons. The van der Waals surface area contributed by atoms with E-state index in [1.807, 2.05) is 79.7 Å². The second kappa shape index (κ2) is 11.4. The molecule has 8 heteroatoms. The van der Waals surface area contributed by atoms with Crippen LogP contribution in [0, 0.1) is 6.92 Å². The lowest BCUT2D eigenvalue weighted by Crippen LogP contribution is -2.50. The zero-order valence-electron chi connectivity index (χ0n) is 17.3. The SMILES string of the molecule is Cc1cc(OCC(=O)NC(=S)NNC(=O)C(c2ccccc2)c2ccccc2)ccc1Br. The van der Waals surface area contributed by atoms with Crippen molar-refractivity contribution in [2.45, 2.75) is 12.8 Å². The number of hydrazine groups is 1. The summed E-state index contributed by atoms with van der Waals surface area (Å²) in [5, 5.41) is 2.45. The van der Waals surface area contributed by atoms with Gasteiger partial charge in [0.1, 0.15) is 5.75 Å². The molecule has 0 saturated carbocycles. The monoisotopic (exact) mass is 511 g/mol. The van der Waals surface area contributed by atoms with Crippen LogP contribution in [0.3, 0.4) is 0 Å². The Morgan fingerprint density at radius 1 is 0.938 bits per heavy atom. The molecular formula is C24H22BrN3O3S. The molecule has 0 spiro atoms. The van der Waals surface area contributed by atoms with Crippen LogP contribution in [0.1, 0.15) is 22.6 Å². The fourth-order valence-electron chi connectivity index (χ4n) is 3.03. The number of carbonyl (C=O) groups is 2. The van der Waals surface area contributed by atoms with Crippen LogP contribution in [0.4, 0.5) is 0 Å². The van der Waals surface area contributed by atoms with Gasteiger partial charge in [0.25, 0.3) is 5.91 Å². The maximum Gasteiger partial charge on any atom is 0.264 e. The van der Waals surface area contributed by atoms with Gasteiger partial charge in [-0.25, -0.2) is 0 Å². The van der Waals surface area contributed by atoms with Crippen LogP contribution >= 0.6 is 28.1 Å². The number of halogens is 1. The van der Waals surface area contributed by atoms with Gasteiger partial charge in [-0.15, -0.1) is 0 Å². The summed E-state index contributed by atoms with van der Waals surface area (Å²) in [7, 11) is 0. The molecule has 0 atom stereocenters. The minimum absolute atomic E-state index is 0.0289. The fourth-order valence-corrected chi connectivity index (χ4v) is 3.44. The molecule has 3 N–H and O–H groups in total. The van der Waals surface area contributed by atoms with E-state index in [9.17, 15) is 9.59 Å². The molecule has 0 aliphatic heterocycles. The van der Waals surface area contributed by atoms with E-state index in [0.717, 1.165) is 21.2 Å². The highest BCUT2D eigenvalue weighted by Gasteiger charge is 2.22. The molecule has 0 aliphatic rings. The Hall–Kier alpha value is -3.23. The minimum Gasteiger partial charge on any atom is -0.484 e. The summed E-state index contributed by atoms with van der Waals surface area (Å²) in [6, 6.07) is 24.3. The average Bonchev–Trinajstić information content (AvgIpc) is 2.80. The topological polar surface area (TPSA) is 79.5 Å². The third-order valence-corrected chi connectivity index (χ3v) is 5.67. The molecule has 0 aliphatic carbocycles. The Labute approximate surface area is 200 Å². The summed E-state index contributed by atoms with van der Waals surface area (Å²) in [4.78, 5) is 25.0. The first-order chi connectivity index (χ1) is 15.4. The number of ether oxygens (including phenoxy) is 1. The number of rotatable bonds is 6. The van der Waals surface area contributed by atoms with Gasteiger partial charge in [-0.1, -0.05) is 76.6 Å². The Morgan fingerprint density at radius 2 is 1.53 bits per heavy atom. The van der Waals surface area contributed by atoms with Gasteiger partial charge < -0.3 is 4.74 Å². The van der Waals surface area contributed by atoms with Crippen LogP contribution in [0.15, 0.2) is 83.3 Å². The molecule has 3 aromatic rings. The van der Waals surface area contributed by atoms with E-state index in [4.69, 9.17) is 17.0 Å². The Bertz CT molecular complexity index is 1050. The zero-order valence-corrected chi connectivity index (χ0v) is 19.7. The van der Waals surface area contributed by atoms with Crippen molar-refractivity contribution in [3.63, 3.8) is 0 Å². The van der Waals surface area contributed by atoms with Gasteiger partial charge in [-0.05, 0) is 54.0 Å². The molecule has 0 unspecified atom stereocenters. The van der Waals surface area contributed by atoms with E-state index in [0.29, 0.717) is 5.75 Å².